The van der Waals surface area contributed by atoms with Crippen molar-refractivity contribution in [1.82, 2.24) is 4.57 Å². The summed E-state index contributed by atoms with van der Waals surface area (Å²) in [7, 11) is 0. The summed E-state index contributed by atoms with van der Waals surface area (Å²) >= 11 is 0. The van der Waals surface area contributed by atoms with Gasteiger partial charge in [0.25, 0.3) is 0 Å². The zero-order valence-electron chi connectivity index (χ0n) is 9.27. The first-order valence-corrected chi connectivity index (χ1v) is 5.20. The molecule has 5 heteroatoms. The van der Waals surface area contributed by atoms with Gasteiger partial charge < -0.3 is 4.57 Å². The molecule has 92 valence electrons. The molecule has 18 heavy (non-hydrogen) atoms. The van der Waals surface area contributed by atoms with Crippen LogP contribution in [0.5, 0.6) is 0 Å². The summed E-state index contributed by atoms with van der Waals surface area (Å²) in [5.74, 6) is -1.99. The number of pyridine rings is 1. The van der Waals surface area contributed by atoms with Gasteiger partial charge in [-0.15, -0.1) is 0 Å². The summed E-state index contributed by atoms with van der Waals surface area (Å²) in [5.41, 5.74) is -0.482. The first-order chi connectivity index (χ1) is 8.56. The Labute approximate surface area is 101 Å². The largest absolute Gasteiger partial charge is 0.346 e. The van der Waals surface area contributed by atoms with E-state index in [1.54, 1.807) is 0 Å². The predicted octanol–water partition coefficient (Wildman–Crippen LogP) is 2.01. The maximum Gasteiger partial charge on any atom is 0.185 e. The number of carbonyl (C=O) groups excluding carboxylic acids is 1. The number of nitrogens with zero attached hydrogens (tertiary/aromatic N) is 1. The highest BCUT2D eigenvalue weighted by atomic mass is 19.1. The molecule has 0 amide bonds. The quantitative estimate of drug-likeness (QED) is 0.780. The van der Waals surface area contributed by atoms with Crippen LogP contribution in [0.3, 0.4) is 0 Å². The molecule has 2 rings (SSSR count). The fourth-order valence-corrected chi connectivity index (χ4v) is 1.51. The second-order valence-corrected chi connectivity index (χ2v) is 3.75. The van der Waals surface area contributed by atoms with Crippen molar-refractivity contribution < 1.29 is 13.6 Å². The molecular formula is C13H9F2NO2. The molecule has 0 atom stereocenters. The molecule has 0 bridgehead atoms. The molecule has 0 unspecified atom stereocenters. The van der Waals surface area contributed by atoms with Crippen LogP contribution in [0.2, 0.25) is 0 Å². The second kappa shape index (κ2) is 4.91. The van der Waals surface area contributed by atoms with Gasteiger partial charge in [0.2, 0.25) is 0 Å². The van der Waals surface area contributed by atoms with E-state index in [-0.39, 0.29) is 17.5 Å². The minimum atomic E-state index is -0.762. The number of ketones is 1. The molecular weight excluding hydrogens is 240 g/mol. The van der Waals surface area contributed by atoms with E-state index in [4.69, 9.17) is 0 Å². The van der Waals surface area contributed by atoms with Gasteiger partial charge in [-0.2, -0.15) is 0 Å². The highest BCUT2D eigenvalue weighted by molar-refractivity contribution is 5.96. The number of rotatable bonds is 3. The third kappa shape index (κ3) is 2.68. The highest BCUT2D eigenvalue weighted by Gasteiger charge is 2.12. The Morgan fingerprint density at radius 3 is 2.44 bits per heavy atom. The van der Waals surface area contributed by atoms with Gasteiger partial charge >= 0.3 is 0 Å². The van der Waals surface area contributed by atoms with Crippen molar-refractivity contribution in [3.63, 3.8) is 0 Å². The van der Waals surface area contributed by atoms with Crippen molar-refractivity contribution in [2.45, 2.75) is 6.54 Å². The van der Waals surface area contributed by atoms with Crippen molar-refractivity contribution in [2.75, 3.05) is 0 Å². The standard InChI is InChI=1S/C13H9F2NO2/c14-9-1-2-12(15)11(7-9)13(18)8-16-5-3-10(17)4-6-16/h1-7H,8H2. The van der Waals surface area contributed by atoms with Crippen LogP contribution in [0.4, 0.5) is 8.78 Å². The van der Waals surface area contributed by atoms with Gasteiger partial charge in [0.15, 0.2) is 11.2 Å². The topological polar surface area (TPSA) is 39.1 Å². The van der Waals surface area contributed by atoms with Gasteiger partial charge in [0.05, 0.1) is 12.1 Å². The Bertz CT molecular complexity index is 629. The molecule has 0 radical (unpaired) electrons. The van der Waals surface area contributed by atoms with Crippen LogP contribution >= 0.6 is 0 Å². The van der Waals surface area contributed by atoms with E-state index < -0.39 is 17.4 Å². The van der Waals surface area contributed by atoms with Crippen molar-refractivity contribution >= 4 is 5.78 Å². The minimum Gasteiger partial charge on any atom is -0.346 e. The average Bonchev–Trinajstić information content (AvgIpc) is 2.35. The lowest BCUT2D eigenvalue weighted by Gasteiger charge is -2.06. The predicted molar refractivity (Wildman–Crippen MR) is 61.4 cm³/mol. The second-order valence-electron chi connectivity index (χ2n) is 3.75. The Balaban J connectivity index is 2.24. The maximum atomic E-state index is 13.3. The van der Waals surface area contributed by atoms with Crippen LogP contribution in [-0.2, 0) is 6.54 Å². The van der Waals surface area contributed by atoms with E-state index in [1.165, 1.54) is 29.1 Å². The van der Waals surface area contributed by atoms with E-state index >= 15 is 0 Å². The Hall–Kier alpha value is -2.30. The molecule has 0 saturated heterocycles. The van der Waals surface area contributed by atoms with Gasteiger partial charge in [-0.05, 0) is 18.2 Å². The third-order valence-corrected chi connectivity index (χ3v) is 2.42. The summed E-state index contributed by atoms with van der Waals surface area (Å²) in [6.45, 7) is -0.152. The zero-order valence-corrected chi connectivity index (χ0v) is 9.27. The fraction of sp³-hybridized carbons (Fsp3) is 0.0769. The Morgan fingerprint density at radius 1 is 1.11 bits per heavy atom. The lowest BCUT2D eigenvalue weighted by atomic mass is 10.1. The van der Waals surface area contributed by atoms with Crippen molar-refractivity contribution in [2.24, 2.45) is 0 Å². The van der Waals surface area contributed by atoms with E-state index in [2.05, 4.69) is 0 Å². The van der Waals surface area contributed by atoms with Gasteiger partial charge in [0, 0.05) is 24.5 Å². The lowest BCUT2D eigenvalue weighted by Crippen LogP contribution is -2.13. The van der Waals surface area contributed by atoms with Gasteiger partial charge in [-0.25, -0.2) is 8.78 Å². The molecule has 0 aliphatic rings. The Kier molecular flexibility index (Phi) is 3.32. The molecule has 0 fully saturated rings. The zero-order chi connectivity index (χ0) is 13.1. The summed E-state index contributed by atoms with van der Waals surface area (Å²) in [6.07, 6.45) is 2.83. The number of carbonyl (C=O) groups is 1. The van der Waals surface area contributed by atoms with Crippen LogP contribution in [0.25, 0.3) is 0 Å². The number of hydrogen-bond acceptors (Lipinski definition) is 2. The SMILES string of the molecule is O=C(Cn1ccc(=O)cc1)c1cc(F)ccc1F. The summed E-state index contributed by atoms with van der Waals surface area (Å²) in [4.78, 5) is 22.6. The molecule has 3 nitrogen and oxygen atoms in total. The number of Topliss-reactive ketones (excluding diaryl/α,β-unsaturated/α-hetero) is 1. The summed E-state index contributed by atoms with van der Waals surface area (Å²) in [5, 5.41) is 0. The minimum absolute atomic E-state index is 0.152. The van der Waals surface area contributed by atoms with Crippen LogP contribution in [-0.4, -0.2) is 10.4 Å². The maximum absolute atomic E-state index is 13.3. The monoisotopic (exact) mass is 249 g/mol. The van der Waals surface area contributed by atoms with Crippen molar-refractivity contribution in [1.29, 1.82) is 0 Å². The van der Waals surface area contributed by atoms with Crippen LogP contribution < -0.4 is 5.43 Å². The van der Waals surface area contributed by atoms with E-state index in [0.717, 1.165) is 18.2 Å². The molecule has 0 aliphatic heterocycles. The van der Waals surface area contributed by atoms with Gasteiger partial charge in [0.1, 0.15) is 11.6 Å². The molecule has 0 aliphatic carbocycles. The number of aromatic nitrogens is 1. The van der Waals surface area contributed by atoms with E-state index in [0.29, 0.717) is 0 Å². The molecule has 1 heterocycles. The number of benzene rings is 1. The summed E-state index contributed by atoms with van der Waals surface area (Å²) in [6, 6.07) is 5.30. The van der Waals surface area contributed by atoms with Gasteiger partial charge in [-0.3, -0.25) is 9.59 Å². The molecule has 1 aromatic heterocycles. The molecule has 2 aromatic rings. The molecule has 0 N–H and O–H groups in total. The molecule has 0 spiro atoms. The normalized spacial score (nSPS) is 10.3. The van der Waals surface area contributed by atoms with Crippen molar-refractivity contribution in [3.8, 4) is 0 Å². The third-order valence-electron chi connectivity index (χ3n) is 2.42. The average molecular weight is 249 g/mol. The smallest absolute Gasteiger partial charge is 0.185 e. The fourth-order valence-electron chi connectivity index (χ4n) is 1.51. The molecule has 0 saturated carbocycles. The lowest BCUT2D eigenvalue weighted by molar-refractivity contribution is 0.0967. The Morgan fingerprint density at radius 2 is 1.78 bits per heavy atom. The summed E-state index contributed by atoms with van der Waals surface area (Å²) < 4.78 is 27.7. The van der Waals surface area contributed by atoms with Crippen LogP contribution in [0, 0.1) is 11.6 Å². The van der Waals surface area contributed by atoms with E-state index in [1.807, 2.05) is 0 Å². The molecule has 1 aromatic carbocycles. The van der Waals surface area contributed by atoms with E-state index in [9.17, 15) is 18.4 Å². The van der Waals surface area contributed by atoms with Crippen molar-refractivity contribution in [3.05, 3.63) is 70.1 Å². The highest BCUT2D eigenvalue weighted by Crippen LogP contribution is 2.11. The van der Waals surface area contributed by atoms with Gasteiger partial charge in [-0.1, -0.05) is 0 Å². The first kappa shape index (κ1) is 12.2. The van der Waals surface area contributed by atoms with Crippen LogP contribution in [0.1, 0.15) is 10.4 Å². The number of hydrogen-bond donors (Lipinski definition) is 0. The number of halogens is 2. The van der Waals surface area contributed by atoms with Crippen LogP contribution in [0.15, 0.2) is 47.5 Å². The first-order valence-electron chi connectivity index (χ1n) is 5.20.